The maximum absolute atomic E-state index is 12.2. The molecule has 1 saturated heterocycles. The molecule has 2 aromatic heterocycles. The van der Waals surface area contributed by atoms with Crippen molar-refractivity contribution < 1.29 is 14.3 Å². The SMILES string of the molecule is O=C1NC(=O)N(Cc2ccccn2)/C1=C/c1ccc(OCc2ccccn2)cc1. The lowest BCUT2D eigenvalue weighted by Gasteiger charge is -2.14. The molecule has 144 valence electrons. The first-order chi connectivity index (χ1) is 14.2. The van der Waals surface area contributed by atoms with Gasteiger partial charge in [0.25, 0.3) is 5.91 Å². The zero-order valence-electron chi connectivity index (χ0n) is 15.5. The highest BCUT2D eigenvalue weighted by Gasteiger charge is 2.33. The summed E-state index contributed by atoms with van der Waals surface area (Å²) in [4.78, 5) is 34.2. The van der Waals surface area contributed by atoms with Crippen LogP contribution < -0.4 is 10.1 Å². The number of rotatable bonds is 6. The Bertz CT molecular complexity index is 1030. The van der Waals surface area contributed by atoms with Crippen molar-refractivity contribution in [2.45, 2.75) is 13.2 Å². The van der Waals surface area contributed by atoms with E-state index in [1.54, 1.807) is 30.6 Å². The maximum atomic E-state index is 12.2. The first-order valence-electron chi connectivity index (χ1n) is 9.06. The number of amides is 3. The summed E-state index contributed by atoms with van der Waals surface area (Å²) in [6, 6.07) is 17.9. The van der Waals surface area contributed by atoms with E-state index in [1.165, 1.54) is 4.90 Å². The summed E-state index contributed by atoms with van der Waals surface area (Å²) in [5.74, 6) is 0.261. The van der Waals surface area contributed by atoms with Crippen LogP contribution in [0.4, 0.5) is 4.79 Å². The number of nitrogens with one attached hydrogen (secondary N) is 1. The van der Waals surface area contributed by atoms with E-state index in [0.717, 1.165) is 11.3 Å². The third-order valence-corrected chi connectivity index (χ3v) is 4.33. The third-order valence-electron chi connectivity index (χ3n) is 4.33. The van der Waals surface area contributed by atoms with Crippen molar-refractivity contribution in [3.63, 3.8) is 0 Å². The Labute approximate surface area is 167 Å². The smallest absolute Gasteiger partial charge is 0.329 e. The summed E-state index contributed by atoms with van der Waals surface area (Å²) in [7, 11) is 0. The molecule has 0 unspecified atom stereocenters. The average molecular weight is 386 g/mol. The molecule has 7 heteroatoms. The van der Waals surface area contributed by atoms with Gasteiger partial charge in [-0.3, -0.25) is 25.0 Å². The molecule has 0 spiro atoms. The predicted octanol–water partition coefficient (Wildman–Crippen LogP) is 3.15. The van der Waals surface area contributed by atoms with E-state index in [-0.39, 0.29) is 12.2 Å². The van der Waals surface area contributed by atoms with Gasteiger partial charge in [0.2, 0.25) is 0 Å². The Kier molecular flexibility index (Phi) is 5.29. The average Bonchev–Trinajstić information content (AvgIpc) is 3.02. The van der Waals surface area contributed by atoms with Gasteiger partial charge in [-0.2, -0.15) is 0 Å². The van der Waals surface area contributed by atoms with Crippen LogP contribution in [0.2, 0.25) is 0 Å². The second kappa shape index (κ2) is 8.35. The van der Waals surface area contributed by atoms with Crippen molar-refractivity contribution in [1.29, 1.82) is 0 Å². The topological polar surface area (TPSA) is 84.4 Å². The number of imide groups is 1. The lowest BCUT2D eigenvalue weighted by atomic mass is 10.1. The van der Waals surface area contributed by atoms with Gasteiger partial charge in [-0.15, -0.1) is 0 Å². The number of nitrogens with zero attached hydrogens (tertiary/aromatic N) is 3. The first-order valence-corrected chi connectivity index (χ1v) is 9.06. The number of hydrogen-bond donors (Lipinski definition) is 1. The zero-order valence-corrected chi connectivity index (χ0v) is 15.5. The van der Waals surface area contributed by atoms with Crippen LogP contribution in [0, 0.1) is 0 Å². The van der Waals surface area contributed by atoms with E-state index >= 15 is 0 Å². The van der Waals surface area contributed by atoms with Gasteiger partial charge in [-0.25, -0.2) is 4.79 Å². The quantitative estimate of drug-likeness (QED) is 0.520. The number of pyridine rings is 2. The van der Waals surface area contributed by atoms with Crippen LogP contribution in [0.5, 0.6) is 5.75 Å². The number of ether oxygens (including phenoxy) is 1. The molecule has 0 aliphatic carbocycles. The molecule has 1 aromatic carbocycles. The van der Waals surface area contributed by atoms with E-state index in [9.17, 15) is 9.59 Å². The van der Waals surface area contributed by atoms with Crippen LogP contribution in [0.15, 0.2) is 78.8 Å². The number of hydrogen-bond acceptors (Lipinski definition) is 5. The normalized spacial score (nSPS) is 14.9. The lowest BCUT2D eigenvalue weighted by molar-refractivity contribution is -0.116. The highest BCUT2D eigenvalue weighted by molar-refractivity contribution is 6.13. The molecule has 3 aromatic rings. The highest BCUT2D eigenvalue weighted by Crippen LogP contribution is 2.21. The van der Waals surface area contributed by atoms with Gasteiger partial charge in [0.05, 0.1) is 17.9 Å². The summed E-state index contributed by atoms with van der Waals surface area (Å²) >= 11 is 0. The Morgan fingerprint density at radius 1 is 0.897 bits per heavy atom. The number of carbonyl (C=O) groups excluding carboxylic acids is 2. The summed E-state index contributed by atoms with van der Waals surface area (Å²) in [5.41, 5.74) is 2.59. The van der Waals surface area contributed by atoms with Gasteiger partial charge in [-0.1, -0.05) is 24.3 Å². The number of benzene rings is 1. The molecule has 1 aliphatic rings. The molecule has 1 fully saturated rings. The van der Waals surface area contributed by atoms with Crippen LogP contribution in [0.25, 0.3) is 6.08 Å². The van der Waals surface area contributed by atoms with Crippen LogP contribution in [-0.4, -0.2) is 26.8 Å². The zero-order chi connectivity index (χ0) is 20.1. The first kappa shape index (κ1) is 18.4. The molecule has 0 bridgehead atoms. The molecule has 3 heterocycles. The highest BCUT2D eigenvalue weighted by atomic mass is 16.5. The largest absolute Gasteiger partial charge is 0.487 e. The lowest BCUT2D eigenvalue weighted by Crippen LogP contribution is -2.27. The summed E-state index contributed by atoms with van der Waals surface area (Å²) in [6.45, 7) is 0.589. The Balaban J connectivity index is 1.48. The van der Waals surface area contributed by atoms with Crippen molar-refractivity contribution >= 4 is 18.0 Å². The summed E-state index contributed by atoms with van der Waals surface area (Å²) < 4.78 is 5.72. The van der Waals surface area contributed by atoms with Crippen molar-refractivity contribution in [1.82, 2.24) is 20.2 Å². The third kappa shape index (κ3) is 4.47. The molecular formula is C22H18N4O3. The van der Waals surface area contributed by atoms with E-state index in [0.29, 0.717) is 18.1 Å². The molecule has 7 nitrogen and oxygen atoms in total. The molecule has 0 saturated carbocycles. The fraction of sp³-hybridized carbons (Fsp3) is 0.0909. The van der Waals surface area contributed by atoms with Gasteiger partial charge in [0.15, 0.2) is 0 Å². The minimum Gasteiger partial charge on any atom is -0.487 e. The number of urea groups is 1. The van der Waals surface area contributed by atoms with Crippen molar-refractivity contribution in [2.75, 3.05) is 0 Å². The fourth-order valence-corrected chi connectivity index (χ4v) is 2.87. The van der Waals surface area contributed by atoms with Crippen LogP contribution in [0.1, 0.15) is 17.0 Å². The van der Waals surface area contributed by atoms with E-state index in [4.69, 9.17) is 4.74 Å². The van der Waals surface area contributed by atoms with Crippen LogP contribution in [0.3, 0.4) is 0 Å². The second-order valence-corrected chi connectivity index (χ2v) is 6.37. The van der Waals surface area contributed by atoms with Gasteiger partial charge >= 0.3 is 6.03 Å². The Morgan fingerprint density at radius 3 is 2.24 bits per heavy atom. The van der Waals surface area contributed by atoms with E-state index in [1.807, 2.05) is 48.5 Å². The molecule has 0 radical (unpaired) electrons. The van der Waals surface area contributed by atoms with E-state index in [2.05, 4.69) is 15.3 Å². The molecule has 4 rings (SSSR count). The molecule has 29 heavy (non-hydrogen) atoms. The molecule has 1 aliphatic heterocycles. The fourth-order valence-electron chi connectivity index (χ4n) is 2.87. The van der Waals surface area contributed by atoms with Crippen molar-refractivity contribution in [3.05, 3.63) is 95.7 Å². The number of aromatic nitrogens is 2. The van der Waals surface area contributed by atoms with Gasteiger partial charge in [0.1, 0.15) is 18.1 Å². The molecule has 0 atom stereocenters. The van der Waals surface area contributed by atoms with Crippen LogP contribution >= 0.6 is 0 Å². The van der Waals surface area contributed by atoms with Crippen LogP contribution in [-0.2, 0) is 17.9 Å². The molecular weight excluding hydrogens is 368 g/mol. The Hall–Kier alpha value is -4.00. The van der Waals surface area contributed by atoms with E-state index < -0.39 is 11.9 Å². The standard InChI is InChI=1S/C22H18N4O3/c27-21-20(26(22(28)25-21)14-17-5-1-3-11-23-17)13-16-7-9-19(10-8-16)29-15-18-6-2-4-12-24-18/h1-13H,14-15H2,(H,25,27,28)/b20-13+. The van der Waals surface area contributed by atoms with Gasteiger partial charge < -0.3 is 4.74 Å². The Morgan fingerprint density at radius 2 is 1.59 bits per heavy atom. The summed E-state index contributed by atoms with van der Waals surface area (Å²) in [6.07, 6.45) is 5.04. The minimum atomic E-state index is -0.456. The van der Waals surface area contributed by atoms with Gasteiger partial charge in [-0.05, 0) is 48.0 Å². The molecule has 1 N–H and O–H groups in total. The molecule has 3 amide bonds. The minimum absolute atomic E-state index is 0.218. The van der Waals surface area contributed by atoms with Crippen molar-refractivity contribution in [2.24, 2.45) is 0 Å². The summed E-state index contributed by atoms with van der Waals surface area (Å²) in [5, 5.41) is 2.33. The van der Waals surface area contributed by atoms with Gasteiger partial charge in [0, 0.05) is 12.4 Å². The number of carbonyl (C=O) groups is 2. The maximum Gasteiger partial charge on any atom is 0.329 e. The second-order valence-electron chi connectivity index (χ2n) is 6.37. The monoisotopic (exact) mass is 386 g/mol. The van der Waals surface area contributed by atoms with Crippen molar-refractivity contribution in [3.8, 4) is 5.75 Å². The predicted molar refractivity (Wildman–Crippen MR) is 106 cm³/mol.